The number of rotatable bonds is 2. The van der Waals surface area contributed by atoms with Gasteiger partial charge in [-0.15, -0.1) is 11.3 Å². The van der Waals surface area contributed by atoms with Gasteiger partial charge in [-0.25, -0.2) is 4.98 Å². The Hall–Kier alpha value is -0.610. The lowest BCUT2D eigenvalue weighted by molar-refractivity contribution is -0.0510. The van der Waals surface area contributed by atoms with Crippen molar-refractivity contribution in [2.24, 2.45) is 5.41 Å². The van der Waals surface area contributed by atoms with E-state index in [9.17, 15) is 5.11 Å². The Bertz CT molecular complexity index is 284. The van der Waals surface area contributed by atoms with Crippen LogP contribution in [-0.2, 0) is 0 Å². The van der Waals surface area contributed by atoms with E-state index < -0.39 is 0 Å². The highest BCUT2D eigenvalue weighted by Gasteiger charge is 2.47. The summed E-state index contributed by atoms with van der Waals surface area (Å²) in [7, 11) is 0. The molecule has 13 heavy (non-hydrogen) atoms. The van der Waals surface area contributed by atoms with E-state index in [4.69, 9.17) is 0 Å². The number of nitrogens with one attached hydrogen (secondary N) is 1. The molecule has 2 rings (SSSR count). The predicted octanol–water partition coefficient (Wildman–Crippen LogP) is 1.71. The molecular formula is C9H14N2OS. The average molecular weight is 198 g/mol. The van der Waals surface area contributed by atoms with Gasteiger partial charge in [0.25, 0.3) is 0 Å². The first kappa shape index (κ1) is 8.97. The molecule has 3 nitrogen and oxygen atoms in total. The van der Waals surface area contributed by atoms with Crippen LogP contribution in [0.5, 0.6) is 0 Å². The molecule has 1 fully saturated rings. The molecule has 0 bridgehead atoms. The fraction of sp³-hybridized carbons (Fsp3) is 0.667. The summed E-state index contributed by atoms with van der Waals surface area (Å²) in [6.45, 7) is 4.15. The van der Waals surface area contributed by atoms with Crippen molar-refractivity contribution in [3.8, 4) is 0 Å². The van der Waals surface area contributed by atoms with Gasteiger partial charge in [-0.3, -0.25) is 0 Å². The molecule has 0 aliphatic heterocycles. The lowest BCUT2D eigenvalue weighted by atomic mass is 9.65. The SMILES string of the molecule is CC1(C)C(O)CC1Nc1nccs1. The zero-order chi connectivity index (χ0) is 9.47. The van der Waals surface area contributed by atoms with Crippen LogP contribution in [-0.4, -0.2) is 22.2 Å². The molecule has 1 saturated carbocycles. The van der Waals surface area contributed by atoms with Crippen LogP contribution in [0.4, 0.5) is 5.13 Å². The molecule has 1 heterocycles. The minimum Gasteiger partial charge on any atom is -0.392 e. The molecule has 1 aliphatic carbocycles. The Labute approximate surface area is 81.8 Å². The summed E-state index contributed by atoms with van der Waals surface area (Å²) >= 11 is 1.60. The smallest absolute Gasteiger partial charge is 0.182 e. The van der Waals surface area contributed by atoms with E-state index in [1.807, 2.05) is 5.38 Å². The predicted molar refractivity (Wildman–Crippen MR) is 53.9 cm³/mol. The normalized spacial score (nSPS) is 31.0. The molecule has 4 heteroatoms. The first-order valence-electron chi connectivity index (χ1n) is 4.45. The summed E-state index contributed by atoms with van der Waals surface area (Å²) < 4.78 is 0. The summed E-state index contributed by atoms with van der Waals surface area (Å²) in [5, 5.41) is 15.7. The van der Waals surface area contributed by atoms with E-state index in [1.54, 1.807) is 17.5 Å². The third-order valence-electron chi connectivity index (χ3n) is 2.95. The number of aliphatic hydroxyl groups excluding tert-OH is 1. The van der Waals surface area contributed by atoms with Gasteiger partial charge in [-0.2, -0.15) is 0 Å². The molecule has 0 amide bonds. The highest BCUT2D eigenvalue weighted by molar-refractivity contribution is 7.13. The maximum Gasteiger partial charge on any atom is 0.182 e. The number of nitrogens with zero attached hydrogens (tertiary/aromatic N) is 1. The van der Waals surface area contributed by atoms with Crippen molar-refractivity contribution in [2.45, 2.75) is 32.4 Å². The summed E-state index contributed by atoms with van der Waals surface area (Å²) in [6.07, 6.45) is 2.44. The van der Waals surface area contributed by atoms with Crippen LogP contribution in [0.2, 0.25) is 0 Å². The fourth-order valence-corrected chi connectivity index (χ4v) is 2.17. The number of hydrogen-bond acceptors (Lipinski definition) is 4. The van der Waals surface area contributed by atoms with Gasteiger partial charge in [0.15, 0.2) is 5.13 Å². The summed E-state index contributed by atoms with van der Waals surface area (Å²) in [4.78, 5) is 4.15. The zero-order valence-electron chi connectivity index (χ0n) is 7.82. The molecule has 0 spiro atoms. The van der Waals surface area contributed by atoms with Gasteiger partial charge in [0.1, 0.15) is 0 Å². The van der Waals surface area contributed by atoms with E-state index in [0.717, 1.165) is 11.6 Å². The third kappa shape index (κ3) is 1.44. The summed E-state index contributed by atoms with van der Waals surface area (Å²) in [5.74, 6) is 0. The average Bonchev–Trinajstić information content (AvgIpc) is 2.56. The molecular weight excluding hydrogens is 184 g/mol. The highest BCUT2D eigenvalue weighted by Crippen LogP contribution is 2.42. The Morgan fingerprint density at radius 3 is 2.92 bits per heavy atom. The van der Waals surface area contributed by atoms with Crippen LogP contribution in [0.25, 0.3) is 0 Å². The lowest BCUT2D eigenvalue weighted by Crippen LogP contribution is -2.56. The van der Waals surface area contributed by atoms with Crippen LogP contribution >= 0.6 is 11.3 Å². The zero-order valence-corrected chi connectivity index (χ0v) is 8.64. The largest absolute Gasteiger partial charge is 0.392 e. The maximum absolute atomic E-state index is 9.52. The topological polar surface area (TPSA) is 45.1 Å². The second-order valence-electron chi connectivity index (χ2n) is 4.11. The molecule has 2 N–H and O–H groups in total. The lowest BCUT2D eigenvalue weighted by Gasteiger charge is -2.49. The van der Waals surface area contributed by atoms with Crippen molar-refractivity contribution in [3.63, 3.8) is 0 Å². The highest BCUT2D eigenvalue weighted by atomic mass is 32.1. The number of anilines is 1. The Kier molecular flexibility index (Phi) is 2.04. The number of aromatic nitrogens is 1. The van der Waals surface area contributed by atoms with Crippen LogP contribution in [0.3, 0.4) is 0 Å². The minimum atomic E-state index is -0.176. The third-order valence-corrected chi connectivity index (χ3v) is 3.65. The maximum atomic E-state index is 9.52. The van der Waals surface area contributed by atoms with Crippen molar-refractivity contribution in [1.29, 1.82) is 0 Å². The Morgan fingerprint density at radius 2 is 2.46 bits per heavy atom. The second-order valence-corrected chi connectivity index (χ2v) is 5.00. The van der Waals surface area contributed by atoms with E-state index in [0.29, 0.717) is 6.04 Å². The van der Waals surface area contributed by atoms with Gasteiger partial charge in [0, 0.05) is 23.0 Å². The molecule has 2 atom stereocenters. The summed E-state index contributed by atoms with van der Waals surface area (Å²) in [6, 6.07) is 0.355. The van der Waals surface area contributed by atoms with Gasteiger partial charge >= 0.3 is 0 Å². The van der Waals surface area contributed by atoms with Gasteiger partial charge < -0.3 is 10.4 Å². The van der Waals surface area contributed by atoms with Crippen molar-refractivity contribution < 1.29 is 5.11 Å². The molecule has 2 unspecified atom stereocenters. The van der Waals surface area contributed by atoms with Gasteiger partial charge in [-0.1, -0.05) is 13.8 Å². The van der Waals surface area contributed by atoms with E-state index in [1.165, 1.54) is 0 Å². The molecule has 1 aliphatic rings. The fourth-order valence-electron chi connectivity index (χ4n) is 1.59. The monoisotopic (exact) mass is 198 g/mol. The van der Waals surface area contributed by atoms with Crippen LogP contribution in [0, 0.1) is 5.41 Å². The minimum absolute atomic E-state index is 0.0222. The standard InChI is InChI=1S/C9H14N2OS/c1-9(2)6(5-7(9)12)11-8-10-3-4-13-8/h3-4,6-7,12H,5H2,1-2H3,(H,10,11). The van der Waals surface area contributed by atoms with E-state index in [2.05, 4.69) is 24.1 Å². The molecule has 1 aromatic heterocycles. The van der Waals surface area contributed by atoms with Crippen LogP contribution < -0.4 is 5.32 Å². The molecule has 72 valence electrons. The Morgan fingerprint density at radius 1 is 1.69 bits per heavy atom. The second kappa shape index (κ2) is 2.96. The van der Waals surface area contributed by atoms with E-state index >= 15 is 0 Å². The van der Waals surface area contributed by atoms with Gasteiger partial charge in [-0.05, 0) is 6.42 Å². The van der Waals surface area contributed by atoms with Gasteiger partial charge in [0.2, 0.25) is 0 Å². The van der Waals surface area contributed by atoms with Gasteiger partial charge in [0.05, 0.1) is 6.10 Å². The van der Waals surface area contributed by atoms with Crippen LogP contribution in [0.15, 0.2) is 11.6 Å². The number of hydrogen-bond donors (Lipinski definition) is 2. The van der Waals surface area contributed by atoms with Crippen LogP contribution in [0.1, 0.15) is 20.3 Å². The van der Waals surface area contributed by atoms with E-state index in [-0.39, 0.29) is 11.5 Å². The molecule has 0 radical (unpaired) electrons. The first-order chi connectivity index (χ1) is 6.10. The summed E-state index contributed by atoms with van der Waals surface area (Å²) in [5.41, 5.74) is -0.0222. The number of aliphatic hydroxyl groups is 1. The number of thiazole rings is 1. The van der Waals surface area contributed by atoms with Crippen molar-refractivity contribution >= 4 is 16.5 Å². The van der Waals surface area contributed by atoms with Crippen molar-refractivity contribution in [1.82, 2.24) is 4.98 Å². The first-order valence-corrected chi connectivity index (χ1v) is 5.33. The molecule has 1 aromatic rings. The van der Waals surface area contributed by atoms with Crippen molar-refractivity contribution in [2.75, 3.05) is 5.32 Å². The molecule has 0 saturated heterocycles. The quantitative estimate of drug-likeness (QED) is 0.760. The van der Waals surface area contributed by atoms with Crippen molar-refractivity contribution in [3.05, 3.63) is 11.6 Å². The molecule has 0 aromatic carbocycles. The Balaban J connectivity index is 1.98.